The molecule has 4 aromatic rings. The van der Waals surface area contributed by atoms with Gasteiger partial charge in [-0.1, -0.05) is 12.1 Å². The first-order chi connectivity index (χ1) is 15.7. The Balaban J connectivity index is 1.31. The predicted octanol–water partition coefficient (Wildman–Crippen LogP) is 3.04. The lowest BCUT2D eigenvalue weighted by atomic mass is 10.0. The van der Waals surface area contributed by atoms with E-state index in [1.807, 2.05) is 36.5 Å². The Hall–Kier alpha value is -3.78. The van der Waals surface area contributed by atoms with Gasteiger partial charge in [0.1, 0.15) is 17.4 Å². The highest BCUT2D eigenvalue weighted by Crippen LogP contribution is 2.29. The van der Waals surface area contributed by atoms with E-state index in [9.17, 15) is 4.79 Å². The maximum Gasteiger partial charge on any atom is 0.157 e. The minimum atomic E-state index is 0.269. The Morgan fingerprint density at radius 2 is 1.84 bits per heavy atom. The standard InChI is InChI=1S/C24H22N6O2/c31-20-12-16-1-2-17(11-18(16)13-20)21-14-24(30-23(27-21)5-6-26-30)28-22-4-3-19(15-25-22)29-7-9-32-10-8-29/h1-6,11,14-15H,7-10,12-13H2,(H,25,28). The van der Waals surface area contributed by atoms with Gasteiger partial charge in [0.05, 0.1) is 37.0 Å². The Bertz CT molecular complexity index is 1310. The lowest BCUT2D eigenvalue weighted by molar-refractivity contribution is -0.117. The van der Waals surface area contributed by atoms with E-state index >= 15 is 0 Å². The number of nitrogens with one attached hydrogen (secondary N) is 1. The van der Waals surface area contributed by atoms with Crippen molar-refractivity contribution in [1.82, 2.24) is 19.6 Å². The predicted molar refractivity (Wildman–Crippen MR) is 121 cm³/mol. The van der Waals surface area contributed by atoms with Crippen molar-refractivity contribution in [3.63, 3.8) is 0 Å². The fraction of sp³-hybridized carbons (Fsp3) is 0.250. The molecule has 1 aliphatic carbocycles. The maximum atomic E-state index is 11.8. The van der Waals surface area contributed by atoms with Crippen LogP contribution in [0.25, 0.3) is 16.9 Å². The van der Waals surface area contributed by atoms with Gasteiger partial charge >= 0.3 is 0 Å². The molecule has 1 aliphatic heterocycles. The van der Waals surface area contributed by atoms with Crippen LogP contribution in [0.5, 0.6) is 0 Å². The van der Waals surface area contributed by atoms with Gasteiger partial charge in [0.15, 0.2) is 5.65 Å². The molecular weight excluding hydrogens is 404 g/mol. The molecule has 0 saturated carbocycles. The van der Waals surface area contributed by atoms with E-state index in [2.05, 4.69) is 32.4 Å². The van der Waals surface area contributed by atoms with Gasteiger partial charge in [0.25, 0.3) is 0 Å². The van der Waals surface area contributed by atoms with Crippen molar-refractivity contribution < 1.29 is 9.53 Å². The third-order valence-electron chi connectivity index (χ3n) is 6.02. The van der Waals surface area contributed by atoms with Crippen molar-refractivity contribution in [3.05, 3.63) is 66.0 Å². The summed E-state index contributed by atoms with van der Waals surface area (Å²) in [6.45, 7) is 3.24. The highest BCUT2D eigenvalue weighted by Gasteiger charge is 2.19. The zero-order valence-corrected chi connectivity index (χ0v) is 17.5. The van der Waals surface area contributed by atoms with E-state index in [0.29, 0.717) is 12.8 Å². The minimum Gasteiger partial charge on any atom is -0.378 e. The zero-order valence-electron chi connectivity index (χ0n) is 17.5. The molecule has 2 aliphatic rings. The maximum absolute atomic E-state index is 11.8. The van der Waals surface area contributed by atoms with Crippen LogP contribution >= 0.6 is 0 Å². The Morgan fingerprint density at radius 1 is 0.969 bits per heavy atom. The van der Waals surface area contributed by atoms with Crippen molar-refractivity contribution in [2.24, 2.45) is 0 Å². The van der Waals surface area contributed by atoms with E-state index in [-0.39, 0.29) is 5.78 Å². The Morgan fingerprint density at radius 3 is 2.69 bits per heavy atom. The molecule has 1 aromatic carbocycles. The summed E-state index contributed by atoms with van der Waals surface area (Å²) in [5.74, 6) is 1.78. The molecule has 0 atom stereocenters. The smallest absolute Gasteiger partial charge is 0.157 e. The first kappa shape index (κ1) is 18.9. The molecule has 1 saturated heterocycles. The van der Waals surface area contributed by atoms with Crippen molar-refractivity contribution in [3.8, 4) is 11.3 Å². The Labute approximate surface area is 184 Å². The van der Waals surface area contributed by atoms with Crippen LogP contribution in [0.2, 0.25) is 0 Å². The summed E-state index contributed by atoms with van der Waals surface area (Å²) in [5, 5.41) is 7.79. The number of ketones is 1. The zero-order chi connectivity index (χ0) is 21.5. The van der Waals surface area contributed by atoms with Gasteiger partial charge in [-0.3, -0.25) is 4.79 Å². The SMILES string of the molecule is O=C1Cc2ccc(-c3cc(Nc4ccc(N5CCOCC5)cn4)n4nccc4n3)cc2C1. The summed E-state index contributed by atoms with van der Waals surface area (Å²) in [4.78, 5) is 23.5. The topological polar surface area (TPSA) is 84.7 Å². The number of pyridine rings is 1. The highest BCUT2D eigenvalue weighted by molar-refractivity contribution is 5.88. The first-order valence-corrected chi connectivity index (χ1v) is 10.8. The summed E-state index contributed by atoms with van der Waals surface area (Å²) in [5.41, 5.74) is 5.86. The number of nitrogens with zero attached hydrogens (tertiary/aromatic N) is 5. The molecule has 0 radical (unpaired) electrons. The first-order valence-electron chi connectivity index (χ1n) is 10.8. The molecule has 0 spiro atoms. The number of hydrogen-bond donors (Lipinski definition) is 1. The monoisotopic (exact) mass is 426 g/mol. The second-order valence-electron chi connectivity index (χ2n) is 8.13. The van der Waals surface area contributed by atoms with Crippen LogP contribution in [-0.4, -0.2) is 51.7 Å². The normalized spacial score (nSPS) is 15.9. The number of carbonyl (C=O) groups excluding carboxylic acids is 1. The van der Waals surface area contributed by atoms with Crippen LogP contribution in [-0.2, 0) is 22.4 Å². The van der Waals surface area contributed by atoms with Gasteiger partial charge < -0.3 is 15.0 Å². The molecule has 1 fully saturated rings. The molecular formula is C24H22N6O2. The summed E-state index contributed by atoms with van der Waals surface area (Å²) in [6, 6.07) is 14.0. The van der Waals surface area contributed by atoms with Gasteiger partial charge in [-0.15, -0.1) is 0 Å². The number of Topliss-reactive ketones (excluding diaryl/α,β-unsaturated/α-hetero) is 1. The number of aromatic nitrogens is 4. The number of hydrogen-bond acceptors (Lipinski definition) is 7. The van der Waals surface area contributed by atoms with E-state index in [0.717, 1.165) is 71.7 Å². The molecule has 3 aromatic heterocycles. The second kappa shape index (κ2) is 7.72. The van der Waals surface area contributed by atoms with Crippen LogP contribution in [0.3, 0.4) is 0 Å². The van der Waals surface area contributed by atoms with Crippen LogP contribution in [0, 0.1) is 0 Å². The van der Waals surface area contributed by atoms with Gasteiger partial charge in [0, 0.05) is 43.6 Å². The minimum absolute atomic E-state index is 0.269. The molecule has 1 N–H and O–H groups in total. The highest BCUT2D eigenvalue weighted by atomic mass is 16.5. The quantitative estimate of drug-likeness (QED) is 0.537. The van der Waals surface area contributed by atoms with Crippen molar-refractivity contribution >= 4 is 28.8 Å². The lowest BCUT2D eigenvalue weighted by Crippen LogP contribution is -2.36. The number of carbonyl (C=O) groups is 1. The molecule has 0 amide bonds. The summed E-state index contributed by atoms with van der Waals surface area (Å²) >= 11 is 0. The molecule has 8 nitrogen and oxygen atoms in total. The van der Waals surface area contributed by atoms with Gasteiger partial charge in [-0.05, 0) is 29.3 Å². The Kier molecular flexibility index (Phi) is 4.57. The summed E-state index contributed by atoms with van der Waals surface area (Å²) < 4.78 is 7.19. The lowest BCUT2D eigenvalue weighted by Gasteiger charge is -2.28. The third kappa shape index (κ3) is 3.48. The number of anilines is 3. The molecule has 160 valence electrons. The van der Waals surface area contributed by atoms with Crippen LogP contribution in [0.15, 0.2) is 54.9 Å². The van der Waals surface area contributed by atoms with Crippen LogP contribution < -0.4 is 10.2 Å². The van der Waals surface area contributed by atoms with E-state index in [1.54, 1.807) is 10.7 Å². The van der Waals surface area contributed by atoms with Crippen LogP contribution in [0.1, 0.15) is 11.1 Å². The number of morpholine rings is 1. The number of benzene rings is 1. The van der Waals surface area contributed by atoms with Crippen molar-refractivity contribution in [2.45, 2.75) is 12.8 Å². The van der Waals surface area contributed by atoms with Crippen LogP contribution in [0.4, 0.5) is 17.3 Å². The van der Waals surface area contributed by atoms with Gasteiger partial charge in [-0.25, -0.2) is 9.97 Å². The number of fused-ring (bicyclic) bond motifs is 2. The van der Waals surface area contributed by atoms with E-state index < -0.39 is 0 Å². The second-order valence-corrected chi connectivity index (χ2v) is 8.13. The van der Waals surface area contributed by atoms with Gasteiger partial charge in [-0.2, -0.15) is 9.61 Å². The average molecular weight is 426 g/mol. The summed E-state index contributed by atoms with van der Waals surface area (Å²) in [7, 11) is 0. The number of ether oxygens (including phenoxy) is 1. The van der Waals surface area contributed by atoms with E-state index in [1.165, 1.54) is 0 Å². The average Bonchev–Trinajstić information content (AvgIpc) is 3.45. The molecule has 4 heterocycles. The number of rotatable bonds is 4. The largest absolute Gasteiger partial charge is 0.378 e. The fourth-order valence-corrected chi connectivity index (χ4v) is 4.36. The molecule has 8 heteroatoms. The molecule has 32 heavy (non-hydrogen) atoms. The van der Waals surface area contributed by atoms with E-state index in [4.69, 9.17) is 9.72 Å². The van der Waals surface area contributed by atoms with Gasteiger partial charge in [0.2, 0.25) is 0 Å². The molecule has 0 unspecified atom stereocenters. The van der Waals surface area contributed by atoms with Crippen molar-refractivity contribution in [1.29, 1.82) is 0 Å². The third-order valence-corrected chi connectivity index (χ3v) is 6.02. The fourth-order valence-electron chi connectivity index (χ4n) is 4.36. The summed E-state index contributed by atoms with van der Waals surface area (Å²) in [6.07, 6.45) is 4.65. The molecule has 6 rings (SSSR count). The van der Waals surface area contributed by atoms with Crippen molar-refractivity contribution in [2.75, 3.05) is 36.5 Å². The molecule has 0 bridgehead atoms.